The number of aryl methyl sites for hydroxylation is 1. The highest BCUT2D eigenvalue weighted by atomic mass is 35.5. The third-order valence-corrected chi connectivity index (χ3v) is 2.75. The zero-order valence-electron chi connectivity index (χ0n) is 9.32. The molecule has 1 atom stereocenters. The molecule has 1 heterocycles. The van der Waals surface area contributed by atoms with Crippen molar-refractivity contribution in [2.45, 2.75) is 13.3 Å². The van der Waals surface area contributed by atoms with E-state index in [2.05, 4.69) is 10.6 Å². The van der Waals surface area contributed by atoms with Crippen LogP contribution in [0, 0.1) is 12.8 Å². The Bertz CT molecular complexity index is 345. The molecular weight excluding hydrogens is 224 g/mol. The zero-order valence-corrected chi connectivity index (χ0v) is 10.1. The van der Waals surface area contributed by atoms with Crippen LogP contribution in [0.3, 0.4) is 0 Å². The van der Waals surface area contributed by atoms with Crippen LogP contribution in [-0.2, 0) is 4.79 Å². The summed E-state index contributed by atoms with van der Waals surface area (Å²) < 4.78 is 0. The van der Waals surface area contributed by atoms with E-state index < -0.39 is 0 Å². The van der Waals surface area contributed by atoms with Gasteiger partial charge in [0.1, 0.15) is 0 Å². The van der Waals surface area contributed by atoms with E-state index in [9.17, 15) is 4.79 Å². The molecule has 1 aliphatic rings. The van der Waals surface area contributed by atoms with Crippen LogP contribution in [0.1, 0.15) is 12.0 Å². The fourth-order valence-corrected chi connectivity index (χ4v) is 1.76. The Labute approximate surface area is 102 Å². The number of amides is 1. The number of nitrogens with one attached hydrogen (secondary N) is 2. The van der Waals surface area contributed by atoms with Crippen molar-refractivity contribution in [3.63, 3.8) is 0 Å². The van der Waals surface area contributed by atoms with Crippen molar-refractivity contribution in [3.05, 3.63) is 29.8 Å². The molecule has 0 unspecified atom stereocenters. The third-order valence-electron chi connectivity index (χ3n) is 2.75. The number of carbonyl (C=O) groups is 1. The smallest absolute Gasteiger partial charge is 0.228 e. The van der Waals surface area contributed by atoms with Crippen molar-refractivity contribution >= 4 is 24.0 Å². The number of halogens is 1. The van der Waals surface area contributed by atoms with E-state index >= 15 is 0 Å². The van der Waals surface area contributed by atoms with Gasteiger partial charge in [-0.3, -0.25) is 4.79 Å². The van der Waals surface area contributed by atoms with Crippen LogP contribution < -0.4 is 10.6 Å². The predicted molar refractivity (Wildman–Crippen MR) is 68.0 cm³/mol. The van der Waals surface area contributed by atoms with Gasteiger partial charge in [-0.15, -0.1) is 12.4 Å². The summed E-state index contributed by atoms with van der Waals surface area (Å²) in [5.74, 6) is 0.259. The molecule has 3 nitrogen and oxygen atoms in total. The average Bonchev–Trinajstić information content (AvgIpc) is 2.74. The maximum atomic E-state index is 11.7. The van der Waals surface area contributed by atoms with Crippen LogP contribution in [0.2, 0.25) is 0 Å². The Hall–Kier alpha value is -1.06. The minimum absolute atomic E-state index is 0. The summed E-state index contributed by atoms with van der Waals surface area (Å²) in [5.41, 5.74) is 2.09. The molecule has 0 saturated carbocycles. The standard InChI is InChI=1S/C12H16N2O.ClH/c1-9-2-4-11(5-3-9)14-12(15)10-6-7-13-8-10;/h2-5,10,13H,6-8H2,1H3,(H,14,15);1H/t10-;/m1./s1. The van der Waals surface area contributed by atoms with Gasteiger partial charge in [0, 0.05) is 12.2 Å². The first-order chi connectivity index (χ1) is 7.25. The lowest BCUT2D eigenvalue weighted by Crippen LogP contribution is -2.24. The summed E-state index contributed by atoms with van der Waals surface area (Å²) in [6, 6.07) is 7.89. The maximum Gasteiger partial charge on any atom is 0.228 e. The molecule has 1 amide bonds. The van der Waals surface area contributed by atoms with Crippen molar-refractivity contribution in [2.24, 2.45) is 5.92 Å². The van der Waals surface area contributed by atoms with Gasteiger partial charge in [0.05, 0.1) is 5.92 Å². The van der Waals surface area contributed by atoms with Crippen molar-refractivity contribution in [1.82, 2.24) is 5.32 Å². The van der Waals surface area contributed by atoms with Crippen molar-refractivity contribution < 1.29 is 4.79 Å². The van der Waals surface area contributed by atoms with Gasteiger partial charge in [-0.25, -0.2) is 0 Å². The topological polar surface area (TPSA) is 41.1 Å². The highest BCUT2D eigenvalue weighted by molar-refractivity contribution is 5.92. The van der Waals surface area contributed by atoms with Gasteiger partial charge in [0.25, 0.3) is 0 Å². The first kappa shape index (κ1) is 13.0. The Kier molecular flexibility index (Phi) is 4.77. The van der Waals surface area contributed by atoms with Crippen LogP contribution in [0.15, 0.2) is 24.3 Å². The van der Waals surface area contributed by atoms with E-state index in [1.165, 1.54) is 5.56 Å². The van der Waals surface area contributed by atoms with Gasteiger partial charge in [-0.05, 0) is 32.0 Å². The van der Waals surface area contributed by atoms with Crippen LogP contribution >= 0.6 is 12.4 Å². The minimum Gasteiger partial charge on any atom is -0.326 e. The summed E-state index contributed by atoms with van der Waals surface area (Å²) in [5, 5.41) is 6.12. The molecule has 2 rings (SSSR count). The molecule has 16 heavy (non-hydrogen) atoms. The highest BCUT2D eigenvalue weighted by Gasteiger charge is 2.21. The lowest BCUT2D eigenvalue weighted by Gasteiger charge is -2.09. The van der Waals surface area contributed by atoms with Gasteiger partial charge in [0.2, 0.25) is 5.91 Å². The van der Waals surface area contributed by atoms with Crippen LogP contribution in [0.5, 0.6) is 0 Å². The Morgan fingerprint density at radius 1 is 1.38 bits per heavy atom. The van der Waals surface area contributed by atoms with E-state index in [0.717, 1.165) is 25.2 Å². The third kappa shape index (κ3) is 3.22. The molecule has 1 saturated heterocycles. The molecule has 1 aliphatic heterocycles. The first-order valence-electron chi connectivity index (χ1n) is 5.34. The van der Waals surface area contributed by atoms with E-state index in [1.807, 2.05) is 31.2 Å². The largest absolute Gasteiger partial charge is 0.326 e. The molecular formula is C12H17ClN2O. The Morgan fingerprint density at radius 2 is 2.06 bits per heavy atom. The zero-order chi connectivity index (χ0) is 10.7. The van der Waals surface area contributed by atoms with Gasteiger partial charge in [-0.1, -0.05) is 17.7 Å². The van der Waals surface area contributed by atoms with Gasteiger partial charge in [-0.2, -0.15) is 0 Å². The predicted octanol–water partition coefficient (Wildman–Crippen LogP) is 1.96. The summed E-state index contributed by atoms with van der Waals surface area (Å²) >= 11 is 0. The van der Waals surface area contributed by atoms with Gasteiger partial charge in [0.15, 0.2) is 0 Å². The van der Waals surface area contributed by atoms with Gasteiger partial charge < -0.3 is 10.6 Å². The maximum absolute atomic E-state index is 11.7. The highest BCUT2D eigenvalue weighted by Crippen LogP contribution is 2.13. The Morgan fingerprint density at radius 3 is 2.62 bits per heavy atom. The van der Waals surface area contributed by atoms with Crippen molar-refractivity contribution in [1.29, 1.82) is 0 Å². The molecule has 1 aromatic rings. The fourth-order valence-electron chi connectivity index (χ4n) is 1.76. The second-order valence-electron chi connectivity index (χ2n) is 4.04. The molecule has 2 N–H and O–H groups in total. The normalized spacial score (nSPS) is 18.9. The second-order valence-corrected chi connectivity index (χ2v) is 4.04. The Balaban J connectivity index is 0.00000128. The molecule has 0 spiro atoms. The second kappa shape index (κ2) is 5.87. The van der Waals surface area contributed by atoms with E-state index in [1.54, 1.807) is 0 Å². The SMILES string of the molecule is Cc1ccc(NC(=O)[C@@H]2CCNC2)cc1.Cl. The first-order valence-corrected chi connectivity index (χ1v) is 5.34. The number of hydrogen-bond acceptors (Lipinski definition) is 2. The van der Waals surface area contributed by atoms with Crippen molar-refractivity contribution in [3.8, 4) is 0 Å². The average molecular weight is 241 g/mol. The molecule has 0 radical (unpaired) electrons. The number of hydrogen-bond donors (Lipinski definition) is 2. The minimum atomic E-state index is 0. The summed E-state index contributed by atoms with van der Waals surface area (Å²) in [6.07, 6.45) is 0.942. The monoisotopic (exact) mass is 240 g/mol. The van der Waals surface area contributed by atoms with Gasteiger partial charge >= 0.3 is 0 Å². The molecule has 4 heteroatoms. The molecule has 0 aliphatic carbocycles. The van der Waals surface area contributed by atoms with Crippen LogP contribution in [0.4, 0.5) is 5.69 Å². The number of rotatable bonds is 2. The summed E-state index contributed by atoms with van der Waals surface area (Å²) in [6.45, 7) is 3.79. The number of carbonyl (C=O) groups excluding carboxylic acids is 1. The van der Waals surface area contributed by atoms with Crippen LogP contribution in [-0.4, -0.2) is 19.0 Å². The number of anilines is 1. The van der Waals surface area contributed by atoms with Crippen LogP contribution in [0.25, 0.3) is 0 Å². The van der Waals surface area contributed by atoms with E-state index in [0.29, 0.717) is 0 Å². The summed E-state index contributed by atoms with van der Waals surface area (Å²) in [4.78, 5) is 11.7. The summed E-state index contributed by atoms with van der Waals surface area (Å²) in [7, 11) is 0. The molecule has 88 valence electrons. The quantitative estimate of drug-likeness (QED) is 0.830. The molecule has 1 aromatic carbocycles. The fraction of sp³-hybridized carbons (Fsp3) is 0.417. The lowest BCUT2D eigenvalue weighted by molar-refractivity contribution is -0.119. The van der Waals surface area contributed by atoms with E-state index in [4.69, 9.17) is 0 Å². The lowest BCUT2D eigenvalue weighted by atomic mass is 10.1. The van der Waals surface area contributed by atoms with E-state index in [-0.39, 0.29) is 24.2 Å². The van der Waals surface area contributed by atoms with Crippen molar-refractivity contribution in [2.75, 3.05) is 18.4 Å². The molecule has 1 fully saturated rings. The molecule has 0 bridgehead atoms. The number of benzene rings is 1. The molecule has 0 aromatic heterocycles.